The Morgan fingerprint density at radius 1 is 1.42 bits per heavy atom. The third-order valence-electron chi connectivity index (χ3n) is 4.28. The van der Waals surface area contributed by atoms with Crippen LogP contribution in [-0.4, -0.2) is 12.6 Å². The summed E-state index contributed by atoms with van der Waals surface area (Å²) in [7, 11) is 0. The summed E-state index contributed by atoms with van der Waals surface area (Å²) < 4.78 is 14.2. The van der Waals surface area contributed by atoms with Gasteiger partial charge in [-0.05, 0) is 30.9 Å². The van der Waals surface area contributed by atoms with Crippen molar-refractivity contribution in [1.82, 2.24) is 5.32 Å². The quantitative estimate of drug-likeness (QED) is 0.837. The molecule has 0 spiro atoms. The lowest BCUT2D eigenvalue weighted by Gasteiger charge is -2.49. The van der Waals surface area contributed by atoms with Gasteiger partial charge in [-0.2, -0.15) is 0 Å². The van der Waals surface area contributed by atoms with E-state index in [-0.39, 0.29) is 11.2 Å². The molecule has 1 aliphatic carbocycles. The summed E-state index contributed by atoms with van der Waals surface area (Å²) in [6.07, 6.45) is 3.23. The van der Waals surface area contributed by atoms with E-state index in [0.29, 0.717) is 17.0 Å². The zero-order valence-corrected chi connectivity index (χ0v) is 12.7. The molecule has 1 nitrogen and oxygen atoms in total. The highest BCUT2D eigenvalue weighted by Gasteiger charge is 2.46. The van der Waals surface area contributed by atoms with Gasteiger partial charge < -0.3 is 5.32 Å². The standard InChI is InChI=1S/C16H23ClFN/c1-4-12-8-16(9-12,10-19-11(2)3)15-13(17)6-5-7-14(15)18/h5-7,11-12,19H,4,8-10H2,1-3H3. The van der Waals surface area contributed by atoms with Crippen LogP contribution in [0.2, 0.25) is 5.02 Å². The Balaban J connectivity index is 2.28. The predicted octanol–water partition coefficient (Wildman–Crippen LogP) is 4.53. The Morgan fingerprint density at radius 3 is 2.63 bits per heavy atom. The van der Waals surface area contributed by atoms with Crippen molar-refractivity contribution in [3.8, 4) is 0 Å². The lowest BCUT2D eigenvalue weighted by atomic mass is 9.57. The normalized spacial score (nSPS) is 26.5. The zero-order chi connectivity index (χ0) is 14.0. The van der Waals surface area contributed by atoms with Crippen LogP contribution in [0, 0.1) is 11.7 Å². The number of hydrogen-bond donors (Lipinski definition) is 1. The van der Waals surface area contributed by atoms with Crippen molar-refractivity contribution >= 4 is 11.6 Å². The molecule has 0 aliphatic heterocycles. The van der Waals surface area contributed by atoms with E-state index in [1.807, 2.05) is 0 Å². The molecule has 1 aliphatic rings. The van der Waals surface area contributed by atoms with Crippen LogP contribution < -0.4 is 5.32 Å². The Kier molecular flexibility index (Phi) is 4.52. The smallest absolute Gasteiger partial charge is 0.128 e. The van der Waals surface area contributed by atoms with Gasteiger partial charge in [-0.25, -0.2) is 4.39 Å². The van der Waals surface area contributed by atoms with E-state index in [0.717, 1.165) is 31.4 Å². The fourth-order valence-corrected chi connectivity index (χ4v) is 3.54. The monoisotopic (exact) mass is 283 g/mol. The van der Waals surface area contributed by atoms with Gasteiger partial charge in [0.1, 0.15) is 5.82 Å². The van der Waals surface area contributed by atoms with Crippen LogP contribution >= 0.6 is 11.6 Å². The van der Waals surface area contributed by atoms with E-state index < -0.39 is 0 Å². The first-order chi connectivity index (χ1) is 8.98. The van der Waals surface area contributed by atoms with Crippen LogP contribution in [0.5, 0.6) is 0 Å². The number of halogens is 2. The molecule has 0 unspecified atom stereocenters. The molecular formula is C16H23ClFN. The fourth-order valence-electron chi connectivity index (χ4n) is 3.17. The van der Waals surface area contributed by atoms with Crippen LogP contribution in [0.4, 0.5) is 4.39 Å². The highest BCUT2D eigenvalue weighted by atomic mass is 35.5. The molecule has 1 fully saturated rings. The van der Waals surface area contributed by atoms with Gasteiger partial charge in [0.2, 0.25) is 0 Å². The van der Waals surface area contributed by atoms with E-state index in [1.54, 1.807) is 12.1 Å². The summed E-state index contributed by atoms with van der Waals surface area (Å²) in [5.74, 6) is 0.539. The summed E-state index contributed by atoms with van der Waals surface area (Å²) in [5, 5.41) is 4.03. The lowest BCUT2D eigenvalue weighted by molar-refractivity contribution is 0.127. The second-order valence-corrected chi connectivity index (χ2v) is 6.50. The Bertz CT molecular complexity index is 418. The number of rotatable bonds is 5. The fraction of sp³-hybridized carbons (Fsp3) is 0.625. The van der Waals surface area contributed by atoms with Crippen molar-refractivity contribution in [2.45, 2.75) is 51.5 Å². The Morgan fingerprint density at radius 2 is 2.11 bits per heavy atom. The molecule has 0 radical (unpaired) electrons. The van der Waals surface area contributed by atoms with E-state index in [4.69, 9.17) is 11.6 Å². The molecule has 0 saturated heterocycles. The Hall–Kier alpha value is -0.600. The minimum Gasteiger partial charge on any atom is -0.314 e. The summed E-state index contributed by atoms with van der Waals surface area (Å²) in [6, 6.07) is 5.41. The largest absolute Gasteiger partial charge is 0.314 e. The van der Waals surface area contributed by atoms with Gasteiger partial charge in [0.25, 0.3) is 0 Å². The summed E-state index contributed by atoms with van der Waals surface area (Å²) >= 11 is 6.27. The maximum atomic E-state index is 14.2. The van der Waals surface area contributed by atoms with Gasteiger partial charge in [-0.1, -0.05) is 44.9 Å². The maximum absolute atomic E-state index is 14.2. The first-order valence-corrected chi connectivity index (χ1v) is 7.54. The number of hydrogen-bond acceptors (Lipinski definition) is 1. The van der Waals surface area contributed by atoms with Crippen LogP contribution in [0.1, 0.15) is 45.6 Å². The number of nitrogens with one attached hydrogen (secondary N) is 1. The van der Waals surface area contributed by atoms with Gasteiger partial charge >= 0.3 is 0 Å². The molecule has 0 bridgehead atoms. The van der Waals surface area contributed by atoms with Crippen LogP contribution in [0.3, 0.4) is 0 Å². The molecule has 2 rings (SSSR count). The van der Waals surface area contributed by atoms with Crippen molar-refractivity contribution < 1.29 is 4.39 Å². The van der Waals surface area contributed by atoms with Crippen molar-refractivity contribution in [3.63, 3.8) is 0 Å². The van der Waals surface area contributed by atoms with Crippen molar-refractivity contribution in [3.05, 3.63) is 34.6 Å². The summed E-state index contributed by atoms with van der Waals surface area (Å²) in [4.78, 5) is 0. The average molecular weight is 284 g/mol. The van der Waals surface area contributed by atoms with Gasteiger partial charge in [-0.3, -0.25) is 0 Å². The summed E-state index contributed by atoms with van der Waals surface area (Å²) in [5.41, 5.74) is 0.599. The minimum atomic E-state index is -0.160. The average Bonchev–Trinajstić information content (AvgIpc) is 2.30. The molecule has 1 aromatic rings. The second kappa shape index (κ2) is 5.80. The van der Waals surface area contributed by atoms with E-state index in [1.165, 1.54) is 6.07 Å². The molecule has 1 aromatic carbocycles. The highest BCUT2D eigenvalue weighted by Crippen LogP contribution is 2.51. The van der Waals surface area contributed by atoms with Crippen molar-refractivity contribution in [2.24, 2.45) is 5.92 Å². The SMILES string of the molecule is CCC1CC(CNC(C)C)(c2c(F)cccc2Cl)C1. The molecule has 19 heavy (non-hydrogen) atoms. The van der Waals surface area contributed by atoms with E-state index >= 15 is 0 Å². The first kappa shape index (κ1) is 14.8. The van der Waals surface area contributed by atoms with Crippen LogP contribution in [0.25, 0.3) is 0 Å². The molecule has 106 valence electrons. The van der Waals surface area contributed by atoms with Crippen LogP contribution in [0.15, 0.2) is 18.2 Å². The number of benzene rings is 1. The van der Waals surface area contributed by atoms with Crippen molar-refractivity contribution in [2.75, 3.05) is 6.54 Å². The van der Waals surface area contributed by atoms with E-state index in [9.17, 15) is 4.39 Å². The third-order valence-corrected chi connectivity index (χ3v) is 4.59. The molecule has 0 heterocycles. The molecule has 1 N–H and O–H groups in total. The zero-order valence-electron chi connectivity index (χ0n) is 12.0. The molecule has 0 amide bonds. The summed E-state index contributed by atoms with van der Waals surface area (Å²) in [6.45, 7) is 7.24. The molecule has 0 aromatic heterocycles. The van der Waals surface area contributed by atoms with Crippen molar-refractivity contribution in [1.29, 1.82) is 0 Å². The second-order valence-electron chi connectivity index (χ2n) is 6.10. The van der Waals surface area contributed by atoms with Crippen LogP contribution in [-0.2, 0) is 5.41 Å². The van der Waals surface area contributed by atoms with Gasteiger partial charge in [0.15, 0.2) is 0 Å². The lowest BCUT2D eigenvalue weighted by Crippen LogP contribution is -2.50. The highest BCUT2D eigenvalue weighted by molar-refractivity contribution is 6.31. The minimum absolute atomic E-state index is 0.118. The topological polar surface area (TPSA) is 12.0 Å². The maximum Gasteiger partial charge on any atom is 0.128 e. The molecule has 0 atom stereocenters. The Labute approximate surface area is 120 Å². The van der Waals surface area contributed by atoms with Gasteiger partial charge in [0, 0.05) is 28.6 Å². The van der Waals surface area contributed by atoms with Gasteiger partial charge in [0.05, 0.1) is 0 Å². The third kappa shape index (κ3) is 2.95. The first-order valence-electron chi connectivity index (χ1n) is 7.16. The molecule has 3 heteroatoms. The molecular weight excluding hydrogens is 261 g/mol. The van der Waals surface area contributed by atoms with E-state index in [2.05, 4.69) is 26.1 Å². The molecule has 1 saturated carbocycles. The van der Waals surface area contributed by atoms with Gasteiger partial charge in [-0.15, -0.1) is 0 Å². The predicted molar refractivity (Wildman–Crippen MR) is 79.2 cm³/mol.